The molecular weight excluding hydrogens is 326 g/mol. The van der Waals surface area contributed by atoms with Gasteiger partial charge >= 0.3 is 0 Å². The minimum atomic E-state index is -0.279. The van der Waals surface area contributed by atoms with Crippen molar-refractivity contribution in [2.24, 2.45) is 0 Å². The van der Waals surface area contributed by atoms with Crippen LogP contribution in [-0.4, -0.2) is 16.4 Å². The van der Waals surface area contributed by atoms with E-state index in [1.165, 1.54) is 0 Å². The molecule has 2 amide bonds. The first-order valence-electron chi connectivity index (χ1n) is 8.84. The Balaban J connectivity index is 1.55. The van der Waals surface area contributed by atoms with Gasteiger partial charge in [-0.25, -0.2) is 0 Å². The summed E-state index contributed by atoms with van der Waals surface area (Å²) in [5.74, 6) is -0.230. The molecule has 0 bridgehead atoms. The lowest BCUT2D eigenvalue weighted by molar-refractivity contribution is -0.116. The van der Waals surface area contributed by atoms with Crippen molar-refractivity contribution < 1.29 is 9.59 Å². The third kappa shape index (κ3) is 2.75. The number of carbonyl (C=O) groups is 2. The Bertz CT molecular complexity index is 1000. The first kappa shape index (κ1) is 16.4. The molecule has 0 saturated carbocycles. The number of hydrogen-bond donors (Lipinski definition) is 2. The lowest BCUT2D eigenvalue weighted by atomic mass is 10.0. The number of rotatable bonds is 4. The summed E-state index contributed by atoms with van der Waals surface area (Å²) in [5.41, 5.74) is 3.43. The Morgan fingerprint density at radius 3 is 2.77 bits per heavy atom. The number of carbonyl (C=O) groups excluding carboxylic acids is 2. The first-order chi connectivity index (χ1) is 12.5. The van der Waals surface area contributed by atoms with E-state index < -0.39 is 0 Å². The monoisotopic (exact) mass is 347 g/mol. The molecular formula is C21H21N3O2. The quantitative estimate of drug-likeness (QED) is 0.748. The molecule has 1 aliphatic heterocycles. The summed E-state index contributed by atoms with van der Waals surface area (Å²) in [6.45, 7) is 4.26. The van der Waals surface area contributed by atoms with Crippen LogP contribution in [0.3, 0.4) is 0 Å². The van der Waals surface area contributed by atoms with Gasteiger partial charge in [-0.15, -0.1) is 0 Å². The number of amides is 2. The Hall–Kier alpha value is -3.08. The maximum absolute atomic E-state index is 12.6. The smallest absolute Gasteiger partial charge is 0.252 e. The molecule has 1 atom stereocenters. The number of aromatic nitrogens is 1. The molecule has 4 rings (SSSR count). The summed E-state index contributed by atoms with van der Waals surface area (Å²) >= 11 is 0. The van der Waals surface area contributed by atoms with Gasteiger partial charge in [-0.2, -0.15) is 0 Å². The molecule has 5 nitrogen and oxygen atoms in total. The number of fused-ring (bicyclic) bond motifs is 2. The average Bonchev–Trinajstić information content (AvgIpc) is 3.18. The fourth-order valence-corrected chi connectivity index (χ4v) is 3.62. The molecule has 1 aromatic heterocycles. The molecule has 3 aromatic rings. The predicted octanol–water partition coefficient (Wildman–Crippen LogP) is 4.04. The maximum Gasteiger partial charge on any atom is 0.252 e. The molecule has 0 fully saturated rings. The van der Waals surface area contributed by atoms with Gasteiger partial charge in [-0.1, -0.05) is 24.3 Å². The Kier molecular flexibility index (Phi) is 3.99. The van der Waals surface area contributed by atoms with Crippen LogP contribution in [0.25, 0.3) is 10.9 Å². The second kappa shape index (κ2) is 6.33. The zero-order valence-corrected chi connectivity index (χ0v) is 14.8. The number of benzene rings is 2. The van der Waals surface area contributed by atoms with Crippen molar-refractivity contribution in [3.05, 3.63) is 65.9 Å². The number of hydrogen-bond acceptors (Lipinski definition) is 2. The normalized spacial score (nSPS) is 16.0. The third-order valence-corrected chi connectivity index (χ3v) is 4.87. The van der Waals surface area contributed by atoms with Crippen molar-refractivity contribution in [2.45, 2.75) is 32.4 Å². The third-order valence-electron chi connectivity index (χ3n) is 4.87. The molecule has 5 heteroatoms. The van der Waals surface area contributed by atoms with Crippen molar-refractivity contribution >= 4 is 28.4 Å². The molecule has 1 aliphatic rings. The van der Waals surface area contributed by atoms with Gasteiger partial charge in [0.1, 0.15) is 0 Å². The van der Waals surface area contributed by atoms with Crippen LogP contribution in [0.1, 0.15) is 48.3 Å². The van der Waals surface area contributed by atoms with Gasteiger partial charge in [0.15, 0.2) is 0 Å². The van der Waals surface area contributed by atoms with E-state index in [-0.39, 0.29) is 24.3 Å². The van der Waals surface area contributed by atoms with Crippen LogP contribution in [0.5, 0.6) is 0 Å². The second-order valence-electron chi connectivity index (χ2n) is 6.92. The number of nitrogens with one attached hydrogen (secondary N) is 2. The van der Waals surface area contributed by atoms with Gasteiger partial charge in [-0.05, 0) is 43.7 Å². The van der Waals surface area contributed by atoms with Crippen LogP contribution in [-0.2, 0) is 4.79 Å². The molecule has 0 spiro atoms. The van der Waals surface area contributed by atoms with E-state index in [2.05, 4.69) is 35.1 Å². The van der Waals surface area contributed by atoms with Gasteiger partial charge in [0.25, 0.3) is 5.91 Å². The minimum absolute atomic E-state index is 0.114. The molecule has 2 aromatic carbocycles. The van der Waals surface area contributed by atoms with Crippen LogP contribution in [0, 0.1) is 0 Å². The van der Waals surface area contributed by atoms with E-state index in [1.807, 2.05) is 42.6 Å². The molecule has 0 saturated heterocycles. The van der Waals surface area contributed by atoms with Gasteiger partial charge < -0.3 is 15.2 Å². The summed E-state index contributed by atoms with van der Waals surface area (Å²) < 4.78 is 2.18. The second-order valence-corrected chi connectivity index (χ2v) is 6.92. The van der Waals surface area contributed by atoms with Crippen molar-refractivity contribution in [1.29, 1.82) is 0 Å². The molecule has 132 valence electrons. The zero-order chi connectivity index (χ0) is 18.3. The van der Waals surface area contributed by atoms with Crippen LogP contribution < -0.4 is 10.6 Å². The van der Waals surface area contributed by atoms with Crippen molar-refractivity contribution in [2.75, 3.05) is 5.32 Å². The molecule has 2 heterocycles. The van der Waals surface area contributed by atoms with Crippen molar-refractivity contribution in [1.82, 2.24) is 9.88 Å². The lowest BCUT2D eigenvalue weighted by Crippen LogP contribution is -2.24. The summed E-state index contributed by atoms with van der Waals surface area (Å²) in [7, 11) is 0. The highest BCUT2D eigenvalue weighted by atomic mass is 16.2. The van der Waals surface area contributed by atoms with Crippen LogP contribution in [0.15, 0.2) is 54.7 Å². The van der Waals surface area contributed by atoms with E-state index in [1.54, 1.807) is 6.07 Å². The highest BCUT2D eigenvalue weighted by Crippen LogP contribution is 2.30. The van der Waals surface area contributed by atoms with E-state index in [0.29, 0.717) is 11.6 Å². The SMILES string of the molecule is CC(C)n1ccc2c(NC(=O)C[C@@H]3NC(=O)c4ccccc43)cccc21. The van der Waals surface area contributed by atoms with Gasteiger partial charge in [-0.3, -0.25) is 9.59 Å². The van der Waals surface area contributed by atoms with E-state index in [4.69, 9.17) is 0 Å². The van der Waals surface area contributed by atoms with Crippen molar-refractivity contribution in [3.63, 3.8) is 0 Å². The van der Waals surface area contributed by atoms with Crippen molar-refractivity contribution in [3.8, 4) is 0 Å². The maximum atomic E-state index is 12.6. The highest BCUT2D eigenvalue weighted by Gasteiger charge is 2.29. The van der Waals surface area contributed by atoms with E-state index in [9.17, 15) is 9.59 Å². The Morgan fingerprint density at radius 1 is 1.15 bits per heavy atom. The highest BCUT2D eigenvalue weighted by molar-refractivity contribution is 6.03. The molecule has 0 aliphatic carbocycles. The molecule has 26 heavy (non-hydrogen) atoms. The standard InChI is InChI=1S/C21H21N3O2/c1-13(2)24-11-10-16-17(8-5-9-19(16)24)22-20(25)12-18-14-6-3-4-7-15(14)21(26)23-18/h3-11,13,18H,12H2,1-2H3,(H,22,25)(H,23,26)/t18-/m0/s1. The average molecular weight is 347 g/mol. The van der Waals surface area contributed by atoms with Gasteiger partial charge in [0.05, 0.1) is 23.7 Å². The summed E-state index contributed by atoms with van der Waals surface area (Å²) in [6, 6.07) is 15.4. The topological polar surface area (TPSA) is 63.1 Å². The first-order valence-corrected chi connectivity index (χ1v) is 8.84. The number of nitrogens with zero attached hydrogens (tertiary/aromatic N) is 1. The van der Waals surface area contributed by atoms with E-state index in [0.717, 1.165) is 22.2 Å². The van der Waals surface area contributed by atoms with Crippen LogP contribution in [0.2, 0.25) is 0 Å². The lowest BCUT2D eigenvalue weighted by Gasteiger charge is -2.13. The molecule has 0 unspecified atom stereocenters. The summed E-state index contributed by atoms with van der Waals surface area (Å²) in [6.07, 6.45) is 2.25. The minimum Gasteiger partial charge on any atom is -0.345 e. The largest absolute Gasteiger partial charge is 0.345 e. The zero-order valence-electron chi connectivity index (χ0n) is 14.8. The van der Waals surface area contributed by atoms with E-state index >= 15 is 0 Å². The molecule has 0 radical (unpaired) electrons. The predicted molar refractivity (Wildman–Crippen MR) is 102 cm³/mol. The Morgan fingerprint density at radius 2 is 1.96 bits per heavy atom. The summed E-state index contributed by atoms with van der Waals surface area (Å²) in [4.78, 5) is 24.6. The molecule has 2 N–H and O–H groups in total. The Labute approximate surface area is 152 Å². The number of anilines is 1. The van der Waals surface area contributed by atoms with Crippen LogP contribution >= 0.6 is 0 Å². The fourth-order valence-electron chi connectivity index (χ4n) is 3.62. The van der Waals surface area contributed by atoms with Gasteiger partial charge in [0.2, 0.25) is 5.91 Å². The van der Waals surface area contributed by atoms with Gasteiger partial charge in [0, 0.05) is 23.2 Å². The fraction of sp³-hybridized carbons (Fsp3) is 0.238. The van der Waals surface area contributed by atoms with Crippen LogP contribution in [0.4, 0.5) is 5.69 Å². The summed E-state index contributed by atoms with van der Waals surface area (Å²) in [5, 5.41) is 6.91.